The van der Waals surface area contributed by atoms with Gasteiger partial charge < -0.3 is 14.0 Å². The number of benzene rings is 2. The molecule has 0 heterocycles. The summed E-state index contributed by atoms with van der Waals surface area (Å²) >= 11 is 0. The Morgan fingerprint density at radius 1 is 1.07 bits per heavy atom. The van der Waals surface area contributed by atoms with Crippen molar-refractivity contribution in [3.8, 4) is 5.75 Å². The van der Waals surface area contributed by atoms with Crippen LogP contribution in [-0.2, 0) is 16.7 Å². The molecule has 6 nitrogen and oxygen atoms in total. The van der Waals surface area contributed by atoms with Gasteiger partial charge in [0.2, 0.25) is 0 Å². The van der Waals surface area contributed by atoms with E-state index in [0.29, 0.717) is 19.6 Å². The fourth-order valence-corrected chi connectivity index (χ4v) is 3.05. The van der Waals surface area contributed by atoms with E-state index in [1.54, 1.807) is 49.1 Å². The number of rotatable bonds is 9. The summed E-state index contributed by atoms with van der Waals surface area (Å²) in [6, 6.07) is 12.2. The Morgan fingerprint density at radius 3 is 2.28 bits per heavy atom. The van der Waals surface area contributed by atoms with Gasteiger partial charge in [0.05, 0.1) is 5.25 Å². The molecule has 0 aromatic heterocycles. The average Bonchev–Trinajstić information content (AvgIpc) is 2.65. The summed E-state index contributed by atoms with van der Waals surface area (Å²) in [5.74, 6) is -0.510. The van der Waals surface area contributed by atoms with Crippen molar-refractivity contribution in [2.24, 2.45) is 0 Å². The molecule has 0 N–H and O–H groups in total. The molecule has 0 saturated heterocycles. The first-order valence-corrected chi connectivity index (χ1v) is 10.8. The van der Waals surface area contributed by atoms with E-state index >= 15 is 0 Å². The van der Waals surface area contributed by atoms with Crippen LogP contribution in [0.1, 0.15) is 29.8 Å². The molecule has 2 rings (SSSR count). The zero-order valence-electron chi connectivity index (χ0n) is 17.1. The maximum absolute atomic E-state index is 13.5. The van der Waals surface area contributed by atoms with E-state index in [-0.39, 0.29) is 17.2 Å². The summed E-state index contributed by atoms with van der Waals surface area (Å²) in [6.07, 6.45) is 0. The fraction of sp³-hybridized carbons (Fsp3) is 0.381. The smallest absolute Gasteiger partial charge is 0.311 e. The van der Waals surface area contributed by atoms with E-state index in [4.69, 9.17) is 4.18 Å². The van der Waals surface area contributed by atoms with Gasteiger partial charge in [-0.15, -0.1) is 0 Å². The molecule has 29 heavy (non-hydrogen) atoms. The Hall–Kier alpha value is -2.45. The molecule has 0 aliphatic carbocycles. The highest BCUT2D eigenvalue weighted by molar-refractivity contribution is 7.87. The number of carbonyl (C=O) groups is 1. The molecule has 0 fully saturated rings. The molecule has 0 spiro atoms. The second kappa shape index (κ2) is 9.84. The van der Waals surface area contributed by atoms with Crippen molar-refractivity contribution in [2.75, 3.05) is 27.2 Å². The minimum absolute atomic E-state index is 0.221. The molecule has 0 saturated carbocycles. The van der Waals surface area contributed by atoms with Gasteiger partial charge >= 0.3 is 10.1 Å². The van der Waals surface area contributed by atoms with Crippen molar-refractivity contribution < 1.29 is 21.8 Å². The quantitative estimate of drug-likeness (QED) is 0.581. The molecule has 0 unspecified atom stereocenters. The summed E-state index contributed by atoms with van der Waals surface area (Å²) < 4.78 is 42.4. The number of likely N-dealkylation sites (N-methyl/N-ethyl adjacent to an activating group) is 1. The van der Waals surface area contributed by atoms with Crippen molar-refractivity contribution >= 4 is 16.0 Å². The molecule has 0 aliphatic rings. The highest BCUT2D eigenvalue weighted by Gasteiger charge is 2.19. The Kier molecular flexibility index (Phi) is 7.75. The van der Waals surface area contributed by atoms with Gasteiger partial charge in [-0.1, -0.05) is 18.2 Å². The monoisotopic (exact) mass is 422 g/mol. The molecule has 1 amide bonds. The molecule has 0 radical (unpaired) electrons. The predicted molar refractivity (Wildman–Crippen MR) is 111 cm³/mol. The second-order valence-electron chi connectivity index (χ2n) is 7.31. The highest BCUT2D eigenvalue weighted by Crippen LogP contribution is 2.18. The van der Waals surface area contributed by atoms with Gasteiger partial charge in [0.25, 0.3) is 5.91 Å². The second-order valence-corrected chi connectivity index (χ2v) is 9.40. The van der Waals surface area contributed by atoms with Gasteiger partial charge in [0, 0.05) is 25.2 Å². The van der Waals surface area contributed by atoms with Crippen molar-refractivity contribution in [3.05, 3.63) is 65.5 Å². The molecular weight excluding hydrogens is 395 g/mol. The Morgan fingerprint density at radius 2 is 1.72 bits per heavy atom. The normalized spacial score (nSPS) is 11.7. The molecule has 0 bridgehead atoms. The minimum Gasteiger partial charge on any atom is -0.382 e. The lowest BCUT2D eigenvalue weighted by molar-refractivity contribution is 0.0731. The molecule has 158 valence electrons. The van der Waals surface area contributed by atoms with Crippen LogP contribution in [-0.4, -0.2) is 56.6 Å². The Labute approximate surface area is 172 Å². The zero-order valence-corrected chi connectivity index (χ0v) is 17.9. The summed E-state index contributed by atoms with van der Waals surface area (Å²) in [5, 5.41) is -0.646. The summed E-state index contributed by atoms with van der Waals surface area (Å²) in [4.78, 5) is 16.5. The third kappa shape index (κ3) is 6.83. The molecule has 0 aliphatic heterocycles. The lowest BCUT2D eigenvalue weighted by atomic mass is 10.1. The number of hydrogen-bond acceptors (Lipinski definition) is 5. The largest absolute Gasteiger partial charge is 0.382 e. The first kappa shape index (κ1) is 22.8. The van der Waals surface area contributed by atoms with E-state index in [2.05, 4.69) is 0 Å². The third-order valence-electron chi connectivity index (χ3n) is 4.26. The Balaban J connectivity index is 2.17. The summed E-state index contributed by atoms with van der Waals surface area (Å²) in [5.41, 5.74) is 1.09. The van der Waals surface area contributed by atoms with Crippen LogP contribution in [0.4, 0.5) is 4.39 Å². The van der Waals surface area contributed by atoms with Crippen LogP contribution in [0, 0.1) is 5.82 Å². The molecular formula is C21H27FN2O4S. The number of halogens is 1. The van der Waals surface area contributed by atoms with Gasteiger partial charge in [-0.05, 0) is 63.8 Å². The van der Waals surface area contributed by atoms with Crippen LogP contribution in [0.25, 0.3) is 0 Å². The predicted octanol–water partition coefficient (Wildman–Crippen LogP) is 3.15. The number of amides is 1. The number of carbonyl (C=O) groups excluding carboxylic acids is 1. The van der Waals surface area contributed by atoms with Crippen LogP contribution in [0.3, 0.4) is 0 Å². The van der Waals surface area contributed by atoms with E-state index in [9.17, 15) is 17.6 Å². The average molecular weight is 423 g/mol. The van der Waals surface area contributed by atoms with Gasteiger partial charge in [0.15, 0.2) is 0 Å². The Bertz CT molecular complexity index is 928. The first-order valence-electron chi connectivity index (χ1n) is 9.30. The van der Waals surface area contributed by atoms with E-state index in [0.717, 1.165) is 5.56 Å². The van der Waals surface area contributed by atoms with Crippen molar-refractivity contribution in [3.63, 3.8) is 0 Å². The standard InChI is InChI=1S/C21H27FN2O4S/c1-16(2)29(26,27)28-20-10-8-17(9-11-20)15-24(13-12-23(3)4)21(25)18-6-5-7-19(22)14-18/h5-11,14,16H,12-13,15H2,1-4H3. The van der Waals surface area contributed by atoms with Gasteiger partial charge in [-0.2, -0.15) is 8.42 Å². The molecule has 0 atom stereocenters. The number of nitrogens with zero attached hydrogens (tertiary/aromatic N) is 2. The van der Waals surface area contributed by atoms with Crippen molar-refractivity contribution in [2.45, 2.75) is 25.6 Å². The van der Waals surface area contributed by atoms with Crippen LogP contribution in [0.15, 0.2) is 48.5 Å². The maximum Gasteiger partial charge on any atom is 0.311 e. The lowest BCUT2D eigenvalue weighted by Crippen LogP contribution is -2.36. The highest BCUT2D eigenvalue weighted by atomic mass is 32.2. The summed E-state index contributed by atoms with van der Waals surface area (Å²) in [6.45, 7) is 4.51. The lowest BCUT2D eigenvalue weighted by Gasteiger charge is -2.25. The van der Waals surface area contributed by atoms with E-state index in [1.807, 2.05) is 19.0 Å². The van der Waals surface area contributed by atoms with Crippen molar-refractivity contribution in [1.29, 1.82) is 0 Å². The van der Waals surface area contributed by atoms with Gasteiger partial charge in [-0.25, -0.2) is 4.39 Å². The van der Waals surface area contributed by atoms with E-state index < -0.39 is 21.2 Å². The van der Waals surface area contributed by atoms with E-state index in [1.165, 1.54) is 18.2 Å². The number of hydrogen-bond donors (Lipinski definition) is 0. The summed E-state index contributed by atoms with van der Waals surface area (Å²) in [7, 11) is 0.153. The third-order valence-corrected chi connectivity index (χ3v) is 5.84. The van der Waals surface area contributed by atoms with Crippen LogP contribution >= 0.6 is 0 Å². The SMILES string of the molecule is CC(C)S(=O)(=O)Oc1ccc(CN(CCN(C)C)C(=O)c2cccc(F)c2)cc1. The van der Waals surface area contributed by atoms with Crippen LogP contribution < -0.4 is 4.18 Å². The topological polar surface area (TPSA) is 66.9 Å². The first-order chi connectivity index (χ1) is 13.6. The van der Waals surface area contributed by atoms with Gasteiger partial charge in [0.1, 0.15) is 11.6 Å². The van der Waals surface area contributed by atoms with Crippen LogP contribution in [0.5, 0.6) is 5.75 Å². The van der Waals surface area contributed by atoms with Gasteiger partial charge in [-0.3, -0.25) is 4.79 Å². The molecule has 8 heteroatoms. The van der Waals surface area contributed by atoms with Crippen LogP contribution in [0.2, 0.25) is 0 Å². The minimum atomic E-state index is -3.66. The fourth-order valence-electron chi connectivity index (χ4n) is 2.48. The molecule has 2 aromatic rings. The molecule has 2 aromatic carbocycles. The maximum atomic E-state index is 13.5. The zero-order chi connectivity index (χ0) is 21.6. The van der Waals surface area contributed by atoms with Crippen molar-refractivity contribution in [1.82, 2.24) is 9.80 Å².